The van der Waals surface area contributed by atoms with Crippen molar-refractivity contribution in [1.82, 2.24) is 15.6 Å². The molecule has 1 aromatic heterocycles. The normalized spacial score (nSPS) is 16.8. The van der Waals surface area contributed by atoms with Crippen LogP contribution in [0.15, 0.2) is 47.1 Å². The van der Waals surface area contributed by atoms with Crippen LogP contribution in [0.4, 0.5) is 0 Å². The van der Waals surface area contributed by atoms with Crippen molar-refractivity contribution < 1.29 is 4.74 Å². The highest BCUT2D eigenvalue weighted by Gasteiger charge is 2.14. The smallest absolute Gasteiger partial charge is 0.195 e. The fourth-order valence-electron chi connectivity index (χ4n) is 2.79. The van der Waals surface area contributed by atoms with Gasteiger partial charge in [-0.25, -0.2) is 4.98 Å². The second-order valence-corrected chi connectivity index (χ2v) is 6.90. The highest BCUT2D eigenvalue weighted by atomic mass is 32.1. The predicted octanol–water partition coefficient (Wildman–Crippen LogP) is 3.41. The molecule has 1 fully saturated rings. The Hall–Kier alpha value is -2.18. The summed E-state index contributed by atoms with van der Waals surface area (Å²) in [5, 5.41) is 6.72. The van der Waals surface area contributed by atoms with Crippen molar-refractivity contribution in [2.45, 2.75) is 12.8 Å². The van der Waals surface area contributed by atoms with Gasteiger partial charge in [-0.15, -0.1) is 11.3 Å². The summed E-state index contributed by atoms with van der Waals surface area (Å²) < 4.78 is 6.59. The summed E-state index contributed by atoms with van der Waals surface area (Å²) in [6.45, 7) is 6.52. The standard InChI is InChI=1S/C19H24N4OS/c1-3-16(10-15-4-5-17-18(11-15)25-13-22-17)23-19(20-2)21-12-14-6-8-24-9-7-14/h3-5,10-11,13-14H,1,6-9,12H2,2H3,(H2,20,21,23)/b16-10-. The summed E-state index contributed by atoms with van der Waals surface area (Å²) in [6.07, 6.45) is 6.07. The van der Waals surface area contributed by atoms with Gasteiger partial charge in [-0.3, -0.25) is 4.99 Å². The summed E-state index contributed by atoms with van der Waals surface area (Å²) in [7, 11) is 1.78. The molecule has 0 amide bonds. The molecule has 0 spiro atoms. The second kappa shape index (κ2) is 8.78. The van der Waals surface area contributed by atoms with Crippen LogP contribution in [0, 0.1) is 5.92 Å². The molecule has 0 unspecified atom stereocenters. The molecule has 25 heavy (non-hydrogen) atoms. The third-order valence-electron chi connectivity index (χ3n) is 4.28. The maximum atomic E-state index is 5.41. The van der Waals surface area contributed by atoms with E-state index in [0.29, 0.717) is 5.92 Å². The number of benzene rings is 1. The zero-order valence-corrected chi connectivity index (χ0v) is 15.3. The van der Waals surface area contributed by atoms with Crippen molar-refractivity contribution in [3.05, 3.63) is 47.6 Å². The van der Waals surface area contributed by atoms with E-state index in [2.05, 4.69) is 45.4 Å². The number of thiazole rings is 1. The summed E-state index contributed by atoms with van der Waals surface area (Å²) >= 11 is 1.65. The number of hydrogen-bond acceptors (Lipinski definition) is 4. The lowest BCUT2D eigenvalue weighted by molar-refractivity contribution is 0.0675. The van der Waals surface area contributed by atoms with Gasteiger partial charge in [0.25, 0.3) is 0 Å². The molecule has 0 saturated carbocycles. The van der Waals surface area contributed by atoms with Crippen LogP contribution in [-0.4, -0.2) is 37.7 Å². The molecule has 6 heteroatoms. The van der Waals surface area contributed by atoms with Crippen molar-refractivity contribution in [2.24, 2.45) is 10.9 Å². The molecule has 5 nitrogen and oxygen atoms in total. The van der Waals surface area contributed by atoms with E-state index in [1.54, 1.807) is 24.5 Å². The van der Waals surface area contributed by atoms with E-state index in [4.69, 9.17) is 4.74 Å². The number of aliphatic imine (C=N–C) groups is 1. The molecule has 1 saturated heterocycles. The van der Waals surface area contributed by atoms with E-state index in [1.165, 1.54) is 4.70 Å². The first-order chi connectivity index (χ1) is 12.3. The van der Waals surface area contributed by atoms with Crippen molar-refractivity contribution in [3.8, 4) is 0 Å². The van der Waals surface area contributed by atoms with Gasteiger partial charge in [-0.1, -0.05) is 12.6 Å². The van der Waals surface area contributed by atoms with Gasteiger partial charge in [0.1, 0.15) is 0 Å². The molecule has 0 aliphatic carbocycles. The molecule has 3 rings (SSSR count). The van der Waals surface area contributed by atoms with E-state index in [-0.39, 0.29) is 0 Å². The third-order valence-corrected chi connectivity index (χ3v) is 5.07. The fourth-order valence-corrected chi connectivity index (χ4v) is 3.52. The SMILES string of the molecule is C=C/C(=C/c1ccc2ncsc2c1)NC(=NC)NCC1CCOCC1. The van der Waals surface area contributed by atoms with Crippen LogP contribution in [0.2, 0.25) is 0 Å². The number of rotatable bonds is 5. The van der Waals surface area contributed by atoms with Gasteiger partial charge in [0.05, 0.1) is 15.7 Å². The van der Waals surface area contributed by atoms with Crippen LogP contribution >= 0.6 is 11.3 Å². The summed E-state index contributed by atoms with van der Waals surface area (Å²) in [4.78, 5) is 8.62. The van der Waals surface area contributed by atoms with Crippen molar-refractivity contribution in [1.29, 1.82) is 0 Å². The number of allylic oxidation sites excluding steroid dienone is 1. The molecule has 132 valence electrons. The first-order valence-corrected chi connectivity index (χ1v) is 9.39. The minimum Gasteiger partial charge on any atom is -0.381 e. The van der Waals surface area contributed by atoms with Gasteiger partial charge >= 0.3 is 0 Å². The predicted molar refractivity (Wildman–Crippen MR) is 106 cm³/mol. The van der Waals surface area contributed by atoms with E-state index >= 15 is 0 Å². The number of nitrogens with zero attached hydrogens (tertiary/aromatic N) is 2. The van der Waals surface area contributed by atoms with E-state index in [9.17, 15) is 0 Å². The topological polar surface area (TPSA) is 58.5 Å². The summed E-state index contributed by atoms with van der Waals surface area (Å²) in [6, 6.07) is 6.23. The summed E-state index contributed by atoms with van der Waals surface area (Å²) in [5.74, 6) is 1.40. The maximum absolute atomic E-state index is 5.41. The molecule has 0 atom stereocenters. The molecule has 2 aromatic rings. The fraction of sp³-hybridized carbons (Fsp3) is 0.368. The lowest BCUT2D eigenvalue weighted by Crippen LogP contribution is -2.40. The van der Waals surface area contributed by atoms with Gasteiger partial charge in [0.15, 0.2) is 5.96 Å². The van der Waals surface area contributed by atoms with Gasteiger partial charge in [0.2, 0.25) is 0 Å². The lowest BCUT2D eigenvalue weighted by Gasteiger charge is -2.23. The summed E-state index contributed by atoms with van der Waals surface area (Å²) in [5.41, 5.74) is 4.92. The van der Waals surface area contributed by atoms with Gasteiger partial charge in [-0.2, -0.15) is 0 Å². The van der Waals surface area contributed by atoms with Crippen molar-refractivity contribution in [2.75, 3.05) is 26.8 Å². The Morgan fingerprint density at radius 3 is 3.04 bits per heavy atom. The lowest BCUT2D eigenvalue weighted by atomic mass is 10.0. The Kier molecular flexibility index (Phi) is 6.19. The largest absolute Gasteiger partial charge is 0.381 e. The maximum Gasteiger partial charge on any atom is 0.195 e. The number of nitrogens with one attached hydrogen (secondary N) is 2. The average molecular weight is 356 g/mol. The number of ether oxygens (including phenoxy) is 1. The van der Waals surface area contributed by atoms with E-state index < -0.39 is 0 Å². The highest BCUT2D eigenvalue weighted by Crippen LogP contribution is 2.20. The molecule has 2 heterocycles. The first kappa shape index (κ1) is 17.6. The number of fused-ring (bicyclic) bond motifs is 1. The van der Waals surface area contributed by atoms with Crippen LogP contribution in [-0.2, 0) is 4.74 Å². The minimum absolute atomic E-state index is 0.636. The molecule has 0 radical (unpaired) electrons. The average Bonchev–Trinajstić information content (AvgIpc) is 3.12. The third kappa shape index (κ3) is 4.90. The molecule has 1 aliphatic heterocycles. The van der Waals surface area contributed by atoms with Gasteiger partial charge in [-0.05, 0) is 48.6 Å². The second-order valence-electron chi connectivity index (χ2n) is 6.02. The quantitative estimate of drug-likeness (QED) is 0.490. The Bertz CT molecular complexity index is 775. The molecule has 1 aliphatic rings. The first-order valence-electron chi connectivity index (χ1n) is 8.51. The highest BCUT2D eigenvalue weighted by molar-refractivity contribution is 7.16. The molecule has 2 N–H and O–H groups in total. The Morgan fingerprint density at radius 2 is 2.28 bits per heavy atom. The molecular weight excluding hydrogens is 332 g/mol. The van der Waals surface area contributed by atoms with Crippen LogP contribution < -0.4 is 10.6 Å². The Morgan fingerprint density at radius 1 is 1.44 bits per heavy atom. The molecule has 0 bridgehead atoms. The van der Waals surface area contributed by atoms with Gasteiger partial charge < -0.3 is 15.4 Å². The monoisotopic (exact) mass is 356 g/mol. The van der Waals surface area contributed by atoms with Crippen molar-refractivity contribution >= 4 is 33.6 Å². The van der Waals surface area contributed by atoms with Gasteiger partial charge in [0, 0.05) is 32.5 Å². The zero-order valence-electron chi connectivity index (χ0n) is 14.5. The van der Waals surface area contributed by atoms with E-state index in [1.807, 2.05) is 11.6 Å². The minimum atomic E-state index is 0.636. The number of hydrogen-bond donors (Lipinski definition) is 2. The van der Waals surface area contributed by atoms with Crippen LogP contribution in [0.25, 0.3) is 16.3 Å². The Balaban J connectivity index is 1.63. The number of guanidine groups is 1. The zero-order chi connectivity index (χ0) is 17.5. The molecule has 1 aromatic carbocycles. The van der Waals surface area contributed by atoms with Crippen molar-refractivity contribution in [3.63, 3.8) is 0 Å². The van der Waals surface area contributed by atoms with Crippen LogP contribution in [0.5, 0.6) is 0 Å². The molecular formula is C19H24N4OS. The van der Waals surface area contributed by atoms with Crippen LogP contribution in [0.1, 0.15) is 18.4 Å². The Labute approximate surface area is 152 Å². The van der Waals surface area contributed by atoms with E-state index in [0.717, 1.165) is 55.3 Å². The number of aromatic nitrogens is 1. The van der Waals surface area contributed by atoms with Crippen LogP contribution in [0.3, 0.4) is 0 Å².